The summed E-state index contributed by atoms with van der Waals surface area (Å²) in [6.07, 6.45) is 19.8. The van der Waals surface area contributed by atoms with Crippen LogP contribution >= 0.6 is 7.82 Å². The van der Waals surface area contributed by atoms with E-state index in [-0.39, 0.29) is 32.1 Å². The standard InChI is InChI=1S/C27H52NO8P/c1-3-5-7-8-9-10-11-12-13-14-15-16-17-18-19-26(30)28-21-22-35-37(32,33)36-24-25(29)23-34-27(31)20-6-4-2/h11-12,25,29H,3-10,13-24H2,1-2H3,(H,28,30)(H,32,33)/b12-11-. The first kappa shape index (κ1) is 35.8. The van der Waals surface area contributed by atoms with Crippen molar-refractivity contribution >= 4 is 19.7 Å². The van der Waals surface area contributed by atoms with Crippen molar-refractivity contribution in [1.82, 2.24) is 5.32 Å². The number of allylic oxidation sites excluding steroid dienone is 2. The Morgan fingerprint density at radius 3 is 2.05 bits per heavy atom. The number of phosphoric ester groups is 1. The molecular formula is C27H52NO8P. The van der Waals surface area contributed by atoms with Crippen LogP contribution in [0.1, 0.15) is 117 Å². The highest BCUT2D eigenvalue weighted by Gasteiger charge is 2.23. The molecule has 0 aliphatic heterocycles. The van der Waals surface area contributed by atoms with Gasteiger partial charge >= 0.3 is 13.8 Å². The van der Waals surface area contributed by atoms with E-state index >= 15 is 0 Å². The quantitative estimate of drug-likeness (QED) is 0.0520. The lowest BCUT2D eigenvalue weighted by atomic mass is 10.1. The van der Waals surface area contributed by atoms with Crippen LogP contribution in [0.5, 0.6) is 0 Å². The van der Waals surface area contributed by atoms with Gasteiger partial charge in [0.15, 0.2) is 0 Å². The van der Waals surface area contributed by atoms with Crippen molar-refractivity contribution in [3.05, 3.63) is 12.2 Å². The number of aliphatic hydroxyl groups excluding tert-OH is 1. The van der Waals surface area contributed by atoms with Gasteiger partial charge in [-0.1, -0.05) is 77.4 Å². The largest absolute Gasteiger partial charge is 0.472 e. The molecule has 0 fully saturated rings. The van der Waals surface area contributed by atoms with Crippen molar-refractivity contribution in [2.75, 3.05) is 26.4 Å². The minimum absolute atomic E-state index is 0.0786. The number of phosphoric acid groups is 1. The second kappa shape index (κ2) is 25.1. The maximum Gasteiger partial charge on any atom is 0.472 e. The van der Waals surface area contributed by atoms with Gasteiger partial charge in [0.05, 0.1) is 13.2 Å². The Morgan fingerprint density at radius 1 is 0.811 bits per heavy atom. The molecule has 0 aliphatic carbocycles. The van der Waals surface area contributed by atoms with E-state index in [4.69, 9.17) is 13.8 Å². The van der Waals surface area contributed by atoms with Gasteiger partial charge in [0.1, 0.15) is 12.7 Å². The maximum absolute atomic E-state index is 11.9. The number of esters is 1. The molecule has 0 aromatic rings. The molecule has 0 rings (SSSR count). The monoisotopic (exact) mass is 549 g/mol. The number of carbonyl (C=O) groups excluding carboxylic acids is 2. The van der Waals surface area contributed by atoms with Gasteiger partial charge in [-0.05, 0) is 38.5 Å². The van der Waals surface area contributed by atoms with Crippen LogP contribution in [0.2, 0.25) is 0 Å². The number of hydrogen-bond acceptors (Lipinski definition) is 7. The summed E-state index contributed by atoms with van der Waals surface area (Å²) in [5, 5.41) is 12.4. The summed E-state index contributed by atoms with van der Waals surface area (Å²) >= 11 is 0. The van der Waals surface area contributed by atoms with E-state index < -0.39 is 26.5 Å². The summed E-state index contributed by atoms with van der Waals surface area (Å²) in [4.78, 5) is 32.9. The number of ether oxygens (including phenoxy) is 1. The smallest absolute Gasteiger partial charge is 0.463 e. The van der Waals surface area contributed by atoms with Crippen molar-refractivity contribution in [3.63, 3.8) is 0 Å². The van der Waals surface area contributed by atoms with Gasteiger partial charge in [0.2, 0.25) is 5.91 Å². The summed E-state index contributed by atoms with van der Waals surface area (Å²) in [5.41, 5.74) is 0. The van der Waals surface area contributed by atoms with Crippen LogP contribution in [0.4, 0.5) is 0 Å². The van der Waals surface area contributed by atoms with Gasteiger partial charge in [-0.15, -0.1) is 0 Å². The third-order valence-corrected chi connectivity index (χ3v) is 6.68. The van der Waals surface area contributed by atoms with Gasteiger partial charge in [0, 0.05) is 19.4 Å². The highest BCUT2D eigenvalue weighted by Crippen LogP contribution is 2.42. The summed E-state index contributed by atoms with van der Waals surface area (Å²) in [5.74, 6) is -0.564. The molecule has 0 heterocycles. The van der Waals surface area contributed by atoms with Crippen molar-refractivity contribution < 1.29 is 37.9 Å². The van der Waals surface area contributed by atoms with Gasteiger partial charge in [-0.25, -0.2) is 4.57 Å². The molecule has 2 unspecified atom stereocenters. The number of hydrogen-bond donors (Lipinski definition) is 3. The minimum atomic E-state index is -4.38. The SMILES string of the molecule is CCCCCCC/C=C\CCCCCCCC(=O)NCCOP(=O)(O)OCC(O)COC(=O)CCCC. The zero-order chi connectivity index (χ0) is 27.6. The van der Waals surface area contributed by atoms with Crippen LogP contribution in [0.3, 0.4) is 0 Å². The summed E-state index contributed by atoms with van der Waals surface area (Å²) < 4.78 is 26.2. The average molecular weight is 550 g/mol. The van der Waals surface area contributed by atoms with Crippen LogP contribution in [0.25, 0.3) is 0 Å². The van der Waals surface area contributed by atoms with Crippen molar-refractivity contribution in [1.29, 1.82) is 0 Å². The Labute approximate surface area is 224 Å². The van der Waals surface area contributed by atoms with Crippen molar-refractivity contribution in [2.24, 2.45) is 0 Å². The average Bonchev–Trinajstić information content (AvgIpc) is 2.87. The molecule has 0 aliphatic rings. The number of unbranched alkanes of at least 4 members (excludes halogenated alkanes) is 11. The van der Waals surface area contributed by atoms with Crippen LogP contribution < -0.4 is 5.32 Å². The normalized spacial score (nSPS) is 13.9. The fourth-order valence-corrected chi connectivity index (χ4v) is 4.22. The fraction of sp³-hybridized carbons (Fsp3) is 0.852. The zero-order valence-electron chi connectivity index (χ0n) is 23.2. The highest BCUT2D eigenvalue weighted by molar-refractivity contribution is 7.47. The minimum Gasteiger partial charge on any atom is -0.463 e. The predicted molar refractivity (Wildman–Crippen MR) is 146 cm³/mol. The lowest BCUT2D eigenvalue weighted by Crippen LogP contribution is -2.27. The highest BCUT2D eigenvalue weighted by atomic mass is 31.2. The molecule has 2 atom stereocenters. The molecule has 0 spiro atoms. The first-order valence-corrected chi connectivity index (χ1v) is 15.7. The predicted octanol–water partition coefficient (Wildman–Crippen LogP) is 5.98. The lowest BCUT2D eigenvalue weighted by molar-refractivity contribution is -0.147. The summed E-state index contributed by atoms with van der Waals surface area (Å²) in [6.45, 7) is 3.22. The number of amides is 1. The molecule has 0 saturated carbocycles. The molecule has 10 heteroatoms. The van der Waals surface area contributed by atoms with Gasteiger partial charge in [0.25, 0.3) is 0 Å². The second-order valence-electron chi connectivity index (χ2n) is 9.37. The molecule has 1 amide bonds. The van der Waals surface area contributed by atoms with Gasteiger partial charge < -0.3 is 20.1 Å². The van der Waals surface area contributed by atoms with Crippen LogP contribution in [-0.2, 0) is 27.9 Å². The second-order valence-corrected chi connectivity index (χ2v) is 10.8. The number of nitrogens with one attached hydrogen (secondary N) is 1. The summed E-state index contributed by atoms with van der Waals surface area (Å²) in [7, 11) is -4.38. The topological polar surface area (TPSA) is 131 Å². The Balaban J connectivity index is 3.61. The van der Waals surface area contributed by atoms with E-state index in [1.54, 1.807) is 0 Å². The van der Waals surface area contributed by atoms with Crippen LogP contribution in [-0.4, -0.2) is 54.3 Å². The van der Waals surface area contributed by atoms with E-state index in [0.717, 1.165) is 38.5 Å². The molecule has 0 aromatic carbocycles. The third-order valence-electron chi connectivity index (χ3n) is 5.70. The Morgan fingerprint density at radius 2 is 1.41 bits per heavy atom. The van der Waals surface area contributed by atoms with E-state index in [0.29, 0.717) is 12.8 Å². The Kier molecular flexibility index (Phi) is 24.2. The van der Waals surface area contributed by atoms with Crippen molar-refractivity contribution in [3.8, 4) is 0 Å². The van der Waals surface area contributed by atoms with Crippen molar-refractivity contribution in [2.45, 2.75) is 123 Å². The molecule has 0 saturated heterocycles. The van der Waals surface area contributed by atoms with E-state index in [1.807, 2.05) is 6.92 Å². The molecule has 0 radical (unpaired) electrons. The number of rotatable bonds is 26. The molecule has 218 valence electrons. The van der Waals surface area contributed by atoms with Crippen LogP contribution in [0.15, 0.2) is 12.2 Å². The third kappa shape index (κ3) is 26.2. The molecule has 0 aromatic heterocycles. The maximum atomic E-state index is 11.9. The Hall–Kier alpha value is -1.25. The number of aliphatic hydroxyl groups is 1. The molecule has 3 N–H and O–H groups in total. The summed E-state index contributed by atoms with van der Waals surface area (Å²) in [6, 6.07) is 0. The Bertz CT molecular complexity index is 644. The fourth-order valence-electron chi connectivity index (χ4n) is 3.47. The molecule has 0 bridgehead atoms. The molecule has 37 heavy (non-hydrogen) atoms. The zero-order valence-corrected chi connectivity index (χ0v) is 24.1. The first-order chi connectivity index (χ1) is 17.8. The first-order valence-electron chi connectivity index (χ1n) is 14.2. The lowest BCUT2D eigenvalue weighted by Gasteiger charge is -2.15. The van der Waals surface area contributed by atoms with E-state index in [9.17, 15) is 24.2 Å². The number of carbonyl (C=O) groups is 2. The van der Waals surface area contributed by atoms with E-state index in [1.165, 1.54) is 44.9 Å². The van der Waals surface area contributed by atoms with E-state index in [2.05, 4.69) is 24.4 Å². The molecule has 9 nitrogen and oxygen atoms in total. The molecular weight excluding hydrogens is 497 g/mol. The van der Waals surface area contributed by atoms with Gasteiger partial charge in [-0.2, -0.15) is 0 Å². The van der Waals surface area contributed by atoms with Crippen LogP contribution in [0, 0.1) is 0 Å². The van der Waals surface area contributed by atoms with Gasteiger partial charge in [-0.3, -0.25) is 18.6 Å².